The van der Waals surface area contributed by atoms with E-state index in [1.807, 2.05) is 19.1 Å². The van der Waals surface area contributed by atoms with Crippen molar-refractivity contribution in [3.8, 4) is 0 Å². The number of carbonyl (C=O) groups is 1. The number of nitrogens with zero attached hydrogens (tertiary/aromatic N) is 2. The third kappa shape index (κ3) is 2.61. The second kappa shape index (κ2) is 5.24. The molecule has 4 N–H and O–H groups in total. The van der Waals surface area contributed by atoms with E-state index in [4.69, 9.17) is 5.84 Å². The van der Waals surface area contributed by atoms with E-state index >= 15 is 0 Å². The van der Waals surface area contributed by atoms with E-state index in [1.54, 1.807) is 18.3 Å². The Hall–Kier alpha value is -2.47. The molecule has 2 aromatic heterocycles. The second-order valence-corrected chi connectivity index (χ2v) is 3.68. The van der Waals surface area contributed by atoms with Crippen molar-refractivity contribution in [1.82, 2.24) is 9.97 Å². The van der Waals surface area contributed by atoms with Crippen molar-refractivity contribution in [1.29, 1.82) is 0 Å². The molecule has 0 radical (unpaired) electrons. The van der Waals surface area contributed by atoms with Crippen molar-refractivity contribution in [3.63, 3.8) is 0 Å². The zero-order valence-corrected chi connectivity index (χ0v) is 9.84. The number of pyridine rings is 2. The highest BCUT2D eigenvalue weighted by molar-refractivity contribution is 6.07. The van der Waals surface area contributed by atoms with Crippen LogP contribution in [0.4, 0.5) is 11.5 Å². The highest BCUT2D eigenvalue weighted by Gasteiger charge is 2.11. The number of hydrogen-bond donors (Lipinski definition) is 3. The molecule has 0 bridgehead atoms. The smallest absolute Gasteiger partial charge is 0.260 e. The van der Waals surface area contributed by atoms with Crippen LogP contribution in [0.15, 0.2) is 36.7 Å². The van der Waals surface area contributed by atoms with Crippen molar-refractivity contribution < 1.29 is 4.79 Å². The quantitative estimate of drug-likeness (QED) is 0.558. The van der Waals surface area contributed by atoms with Crippen molar-refractivity contribution in [2.75, 3.05) is 10.7 Å². The summed E-state index contributed by atoms with van der Waals surface area (Å²) in [4.78, 5) is 20.1. The zero-order valence-electron chi connectivity index (χ0n) is 9.84. The molecule has 0 aliphatic carbocycles. The Bertz CT molecular complexity index is 570. The standard InChI is InChI=1S/C12H13N5O/c1-8-3-2-4-11(15-8)16-12(18)9-7-14-6-5-10(9)17-13/h2-7H,13H2,1H3,(H,14,17)(H,15,16,18). The summed E-state index contributed by atoms with van der Waals surface area (Å²) in [6.45, 7) is 1.85. The number of aromatic nitrogens is 2. The average molecular weight is 243 g/mol. The summed E-state index contributed by atoms with van der Waals surface area (Å²) in [6, 6.07) is 7.02. The lowest BCUT2D eigenvalue weighted by Crippen LogP contribution is -2.18. The van der Waals surface area contributed by atoms with Crippen molar-refractivity contribution in [3.05, 3.63) is 47.9 Å². The molecule has 6 nitrogen and oxygen atoms in total. The van der Waals surface area contributed by atoms with E-state index in [9.17, 15) is 4.79 Å². The molecule has 0 aliphatic heterocycles. The molecule has 0 saturated heterocycles. The van der Waals surface area contributed by atoms with E-state index in [0.717, 1.165) is 5.69 Å². The van der Waals surface area contributed by atoms with Gasteiger partial charge in [-0.2, -0.15) is 0 Å². The summed E-state index contributed by atoms with van der Waals surface area (Å²) in [5.74, 6) is 5.51. The Morgan fingerprint density at radius 3 is 2.89 bits per heavy atom. The predicted molar refractivity (Wildman–Crippen MR) is 69.0 cm³/mol. The largest absolute Gasteiger partial charge is 0.323 e. The van der Waals surface area contributed by atoms with Crippen LogP contribution in [0.2, 0.25) is 0 Å². The fourth-order valence-electron chi connectivity index (χ4n) is 1.50. The topological polar surface area (TPSA) is 92.9 Å². The maximum atomic E-state index is 12.0. The van der Waals surface area contributed by atoms with Gasteiger partial charge in [-0.15, -0.1) is 0 Å². The summed E-state index contributed by atoms with van der Waals surface area (Å²) in [6.07, 6.45) is 3.00. The van der Waals surface area contributed by atoms with Gasteiger partial charge in [-0.1, -0.05) is 6.07 Å². The fraction of sp³-hybridized carbons (Fsp3) is 0.0833. The van der Waals surface area contributed by atoms with Gasteiger partial charge in [0.15, 0.2) is 0 Å². The molecule has 2 rings (SSSR count). The number of nitrogens with two attached hydrogens (primary N) is 1. The van der Waals surface area contributed by atoms with Gasteiger partial charge >= 0.3 is 0 Å². The molecule has 1 amide bonds. The van der Waals surface area contributed by atoms with Crippen molar-refractivity contribution >= 4 is 17.4 Å². The van der Waals surface area contributed by atoms with Crippen LogP contribution in [0, 0.1) is 6.92 Å². The van der Waals surface area contributed by atoms with Crippen molar-refractivity contribution in [2.45, 2.75) is 6.92 Å². The van der Waals surface area contributed by atoms with Gasteiger partial charge in [-0.05, 0) is 25.1 Å². The lowest BCUT2D eigenvalue weighted by Gasteiger charge is -2.08. The Kier molecular flexibility index (Phi) is 3.49. The minimum Gasteiger partial charge on any atom is -0.323 e. The fourth-order valence-corrected chi connectivity index (χ4v) is 1.50. The molecule has 0 saturated carbocycles. The van der Waals surface area contributed by atoms with Gasteiger partial charge in [-0.3, -0.25) is 15.6 Å². The summed E-state index contributed by atoms with van der Waals surface area (Å²) >= 11 is 0. The van der Waals surface area contributed by atoms with E-state index in [0.29, 0.717) is 17.1 Å². The van der Waals surface area contributed by atoms with Gasteiger partial charge in [0.2, 0.25) is 0 Å². The normalized spacial score (nSPS) is 9.89. The van der Waals surface area contributed by atoms with Crippen LogP contribution in [-0.2, 0) is 0 Å². The van der Waals surface area contributed by atoms with Gasteiger partial charge in [0.1, 0.15) is 5.82 Å². The lowest BCUT2D eigenvalue weighted by molar-refractivity contribution is 0.102. The first kappa shape index (κ1) is 12.0. The molecule has 2 aromatic rings. The Morgan fingerprint density at radius 2 is 2.17 bits per heavy atom. The third-order valence-electron chi connectivity index (χ3n) is 2.35. The minimum atomic E-state index is -0.311. The van der Waals surface area contributed by atoms with Crippen LogP contribution in [0.5, 0.6) is 0 Å². The number of rotatable bonds is 3. The Morgan fingerprint density at radius 1 is 1.33 bits per heavy atom. The molecule has 0 aromatic carbocycles. The number of nitrogens with one attached hydrogen (secondary N) is 2. The molecule has 0 aliphatic rings. The van der Waals surface area contributed by atoms with Crippen molar-refractivity contribution in [2.24, 2.45) is 5.84 Å². The number of aryl methyl sites for hydroxylation is 1. The van der Waals surface area contributed by atoms with Crippen LogP contribution in [0.1, 0.15) is 16.1 Å². The Balaban J connectivity index is 2.22. The van der Waals surface area contributed by atoms with E-state index < -0.39 is 0 Å². The number of nitrogen functional groups attached to an aromatic ring is 1. The summed E-state index contributed by atoms with van der Waals surface area (Å²) < 4.78 is 0. The molecular weight excluding hydrogens is 230 g/mol. The van der Waals surface area contributed by atoms with Crippen LogP contribution in [-0.4, -0.2) is 15.9 Å². The second-order valence-electron chi connectivity index (χ2n) is 3.68. The van der Waals surface area contributed by atoms with Crippen LogP contribution in [0.3, 0.4) is 0 Å². The van der Waals surface area contributed by atoms with Crippen LogP contribution < -0.4 is 16.6 Å². The Labute approximate surface area is 104 Å². The molecule has 0 unspecified atom stereocenters. The number of anilines is 2. The molecule has 92 valence electrons. The third-order valence-corrected chi connectivity index (χ3v) is 2.35. The molecule has 2 heterocycles. The van der Waals surface area contributed by atoms with E-state index in [-0.39, 0.29) is 5.91 Å². The lowest BCUT2D eigenvalue weighted by atomic mass is 10.2. The molecule has 0 spiro atoms. The highest BCUT2D eigenvalue weighted by atomic mass is 16.1. The van der Waals surface area contributed by atoms with Gasteiger partial charge < -0.3 is 10.7 Å². The SMILES string of the molecule is Cc1cccc(NC(=O)c2cnccc2NN)n1. The summed E-state index contributed by atoms with van der Waals surface area (Å²) in [5, 5.41) is 2.69. The molecular formula is C12H13N5O. The number of carbonyl (C=O) groups excluding carboxylic acids is 1. The average Bonchev–Trinajstić information content (AvgIpc) is 2.38. The van der Waals surface area contributed by atoms with Gasteiger partial charge in [0.05, 0.1) is 11.3 Å². The molecule has 0 fully saturated rings. The van der Waals surface area contributed by atoms with Gasteiger partial charge in [0.25, 0.3) is 5.91 Å². The number of hydrazine groups is 1. The van der Waals surface area contributed by atoms with Gasteiger partial charge in [-0.25, -0.2) is 4.98 Å². The van der Waals surface area contributed by atoms with E-state index in [2.05, 4.69) is 20.7 Å². The molecule has 6 heteroatoms. The van der Waals surface area contributed by atoms with Crippen LogP contribution in [0.25, 0.3) is 0 Å². The monoisotopic (exact) mass is 243 g/mol. The first-order valence-electron chi connectivity index (χ1n) is 5.36. The predicted octanol–water partition coefficient (Wildman–Crippen LogP) is 1.32. The minimum absolute atomic E-state index is 0.311. The maximum Gasteiger partial charge on any atom is 0.260 e. The highest BCUT2D eigenvalue weighted by Crippen LogP contribution is 2.14. The zero-order chi connectivity index (χ0) is 13.0. The van der Waals surface area contributed by atoms with Crippen LogP contribution >= 0.6 is 0 Å². The maximum absolute atomic E-state index is 12.0. The first-order chi connectivity index (χ1) is 8.70. The first-order valence-corrected chi connectivity index (χ1v) is 5.36. The summed E-state index contributed by atoms with van der Waals surface area (Å²) in [7, 11) is 0. The summed E-state index contributed by atoms with van der Waals surface area (Å²) in [5.41, 5.74) is 4.16. The number of amides is 1. The van der Waals surface area contributed by atoms with E-state index in [1.165, 1.54) is 6.20 Å². The van der Waals surface area contributed by atoms with Gasteiger partial charge in [0, 0.05) is 18.1 Å². The molecule has 18 heavy (non-hydrogen) atoms. The molecule has 0 atom stereocenters. The number of hydrogen-bond acceptors (Lipinski definition) is 5.